The van der Waals surface area contributed by atoms with Crippen molar-refractivity contribution >= 4 is 34.7 Å². The molecule has 7 heterocycles. The summed E-state index contributed by atoms with van der Waals surface area (Å²) >= 11 is 0. The van der Waals surface area contributed by atoms with Crippen LogP contribution in [0.15, 0.2) is 57.8 Å². The first-order valence-electron chi connectivity index (χ1n) is 19.7. The fraction of sp³-hybridized carbons (Fsp3) is 0.581. The molecular weight excluding hydrogens is 668 g/mol. The number of fused-ring (bicyclic) bond motifs is 4. The van der Waals surface area contributed by atoms with Crippen LogP contribution in [0.2, 0.25) is 0 Å². The van der Waals surface area contributed by atoms with E-state index in [-0.39, 0.29) is 35.1 Å². The molecule has 2 spiro atoms. The van der Waals surface area contributed by atoms with E-state index in [2.05, 4.69) is 53.8 Å². The van der Waals surface area contributed by atoms with Crippen molar-refractivity contribution in [2.45, 2.75) is 82.3 Å². The van der Waals surface area contributed by atoms with E-state index in [1.165, 1.54) is 19.8 Å². The number of anilines is 1. The third-order valence-corrected chi connectivity index (χ3v) is 15.8. The fourth-order valence-corrected chi connectivity index (χ4v) is 13.9. The highest BCUT2D eigenvalue weighted by molar-refractivity contribution is 6.37. The third kappa shape index (κ3) is 3.73. The first-order chi connectivity index (χ1) is 25.6. The highest BCUT2D eigenvalue weighted by Crippen LogP contribution is 2.71. The summed E-state index contributed by atoms with van der Waals surface area (Å²) in [6.45, 7) is 7.97. The van der Waals surface area contributed by atoms with Gasteiger partial charge in [-0.2, -0.15) is 0 Å². The van der Waals surface area contributed by atoms with E-state index in [1.54, 1.807) is 13.2 Å². The number of allylic oxidation sites excluding steroid dienone is 4. The minimum absolute atomic E-state index is 0.0507. The SMILES string of the molecule is CC=C1CN2CCC34C5=CC(=O)C(c6cc7c(cc6OC)N(C)C6=C(C(=O)OC)CC8(CC)CCCN9CCC67C98)=CC5=NC23CCC1C4C(=O)OC. The Morgan fingerprint density at radius 3 is 2.60 bits per heavy atom. The standard InChI is InChI=1S/C43H50N4O6/c1-7-24-23-47-17-14-42-29-20-33(48)26(19-31(29)44-43(42,47)12-10-25(24)35(42)38(50)53-6)27-18-30-32(21-34(27)51-4)45(3)36-28(37(49)52-5)22-40(8-2)11-9-15-46-16-13-41(30,36)39(40)46/h7,18-21,25,35,39H,8-17,22-23H2,1-6H3. The van der Waals surface area contributed by atoms with E-state index in [1.807, 2.05) is 6.08 Å². The van der Waals surface area contributed by atoms with Gasteiger partial charge in [0.15, 0.2) is 5.78 Å². The maximum Gasteiger partial charge on any atom is 0.335 e. The van der Waals surface area contributed by atoms with Crippen LogP contribution in [0.3, 0.4) is 0 Å². The van der Waals surface area contributed by atoms with E-state index < -0.39 is 22.4 Å². The Hall–Kier alpha value is -4.02. The minimum atomic E-state index is -0.617. The molecule has 10 aliphatic rings. The molecule has 4 bridgehead atoms. The van der Waals surface area contributed by atoms with E-state index in [9.17, 15) is 14.4 Å². The largest absolute Gasteiger partial charge is 0.496 e. The number of ether oxygens (including phenoxy) is 3. The molecule has 7 aliphatic heterocycles. The van der Waals surface area contributed by atoms with Crippen molar-refractivity contribution in [3.05, 3.63) is 63.9 Å². The van der Waals surface area contributed by atoms with Crippen LogP contribution in [0.1, 0.15) is 76.3 Å². The Balaban J connectivity index is 1.16. The molecule has 10 nitrogen and oxygen atoms in total. The van der Waals surface area contributed by atoms with Crippen molar-refractivity contribution in [2.24, 2.45) is 27.7 Å². The summed E-state index contributed by atoms with van der Waals surface area (Å²) in [5.74, 6) is -0.273. The fourth-order valence-electron chi connectivity index (χ4n) is 13.9. The molecule has 0 radical (unpaired) electrons. The van der Waals surface area contributed by atoms with Crippen LogP contribution in [-0.2, 0) is 29.3 Å². The highest BCUT2D eigenvalue weighted by Gasteiger charge is 2.75. The van der Waals surface area contributed by atoms with Gasteiger partial charge in [-0.25, -0.2) is 4.79 Å². The molecule has 1 aromatic carbocycles. The highest BCUT2D eigenvalue weighted by atomic mass is 16.5. The van der Waals surface area contributed by atoms with Crippen molar-refractivity contribution < 1.29 is 28.6 Å². The summed E-state index contributed by atoms with van der Waals surface area (Å²) in [4.78, 5) is 55.2. The van der Waals surface area contributed by atoms with Gasteiger partial charge in [0.2, 0.25) is 0 Å². The first kappa shape index (κ1) is 33.5. The summed E-state index contributed by atoms with van der Waals surface area (Å²) in [7, 11) is 6.71. The lowest BCUT2D eigenvalue weighted by atomic mass is 9.53. The molecule has 8 unspecified atom stereocenters. The number of nitrogens with zero attached hydrogens (tertiary/aromatic N) is 4. The zero-order chi connectivity index (χ0) is 36.8. The Bertz CT molecular complexity index is 2080. The third-order valence-electron chi connectivity index (χ3n) is 15.8. The van der Waals surface area contributed by atoms with Gasteiger partial charge >= 0.3 is 11.9 Å². The van der Waals surface area contributed by atoms with Crippen molar-refractivity contribution in [1.82, 2.24) is 9.80 Å². The van der Waals surface area contributed by atoms with Crippen LogP contribution in [0, 0.1) is 22.7 Å². The Kier molecular flexibility index (Phi) is 6.98. The predicted octanol–water partition coefficient (Wildman–Crippen LogP) is 5.37. The number of piperidine rings is 1. The average molecular weight is 719 g/mol. The second-order valence-electron chi connectivity index (χ2n) is 17.0. The molecule has 53 heavy (non-hydrogen) atoms. The lowest BCUT2D eigenvalue weighted by Gasteiger charge is -2.56. The summed E-state index contributed by atoms with van der Waals surface area (Å²) in [6.07, 6.45) is 13.2. The van der Waals surface area contributed by atoms with Gasteiger partial charge in [0.05, 0.1) is 49.4 Å². The van der Waals surface area contributed by atoms with E-state index in [4.69, 9.17) is 19.2 Å². The zero-order valence-corrected chi connectivity index (χ0v) is 31.8. The second kappa shape index (κ2) is 11.0. The van der Waals surface area contributed by atoms with Gasteiger partial charge in [-0.05, 0) is 112 Å². The number of ketones is 1. The zero-order valence-electron chi connectivity index (χ0n) is 31.8. The maximum atomic E-state index is 14.7. The molecule has 0 aromatic heterocycles. The van der Waals surface area contributed by atoms with Gasteiger partial charge in [0.25, 0.3) is 0 Å². The van der Waals surface area contributed by atoms with E-state index >= 15 is 0 Å². The van der Waals surface area contributed by atoms with Gasteiger partial charge in [-0.3, -0.25) is 24.4 Å². The number of esters is 2. The monoisotopic (exact) mass is 718 g/mol. The number of carbonyl (C=O) groups is 3. The van der Waals surface area contributed by atoms with Crippen LogP contribution < -0.4 is 9.64 Å². The molecule has 6 fully saturated rings. The van der Waals surface area contributed by atoms with Crippen molar-refractivity contribution in [3.8, 4) is 5.75 Å². The van der Waals surface area contributed by atoms with Crippen LogP contribution in [0.5, 0.6) is 5.75 Å². The van der Waals surface area contributed by atoms with Gasteiger partial charge in [0, 0.05) is 54.8 Å². The number of aliphatic imine (C=N–C) groups is 1. The van der Waals surface area contributed by atoms with E-state index in [0.717, 1.165) is 110 Å². The molecule has 1 aromatic rings. The molecule has 10 heteroatoms. The number of methoxy groups -OCH3 is 3. The summed E-state index contributed by atoms with van der Waals surface area (Å²) in [6, 6.07) is 4.52. The number of hydrogen-bond acceptors (Lipinski definition) is 10. The van der Waals surface area contributed by atoms with Crippen molar-refractivity contribution in [3.63, 3.8) is 0 Å². The molecule has 5 saturated heterocycles. The summed E-state index contributed by atoms with van der Waals surface area (Å²) in [5, 5.41) is 0. The van der Waals surface area contributed by atoms with Crippen LogP contribution in [-0.4, -0.2) is 99.5 Å². The van der Waals surface area contributed by atoms with Crippen molar-refractivity contribution in [1.29, 1.82) is 0 Å². The number of carbonyl (C=O) groups excluding carboxylic acids is 3. The van der Waals surface area contributed by atoms with Crippen LogP contribution in [0.25, 0.3) is 5.57 Å². The number of hydrogen-bond donors (Lipinski definition) is 0. The van der Waals surface area contributed by atoms with Crippen LogP contribution in [0.4, 0.5) is 5.69 Å². The summed E-state index contributed by atoms with van der Waals surface area (Å²) < 4.78 is 17.2. The number of rotatable bonds is 5. The summed E-state index contributed by atoms with van der Waals surface area (Å²) in [5.41, 5.74) is 6.62. The average Bonchev–Trinajstić information content (AvgIpc) is 3.83. The molecular formula is C43H50N4O6. The number of benzene rings is 1. The molecule has 0 N–H and O–H groups in total. The number of likely N-dealkylation sites (N-methyl/N-ethyl adjacent to an activating group) is 1. The molecule has 0 amide bonds. The van der Waals surface area contributed by atoms with Gasteiger partial charge in [-0.1, -0.05) is 18.6 Å². The maximum absolute atomic E-state index is 14.7. The molecule has 1 saturated carbocycles. The Morgan fingerprint density at radius 1 is 1.04 bits per heavy atom. The quantitative estimate of drug-likeness (QED) is 0.226. The lowest BCUT2D eigenvalue weighted by molar-refractivity contribution is -0.156. The lowest BCUT2D eigenvalue weighted by Crippen LogP contribution is -2.60. The molecule has 11 rings (SSSR count). The molecule has 278 valence electrons. The Labute approximate surface area is 311 Å². The van der Waals surface area contributed by atoms with Crippen molar-refractivity contribution in [2.75, 3.05) is 59.5 Å². The smallest absolute Gasteiger partial charge is 0.335 e. The van der Waals surface area contributed by atoms with Gasteiger partial charge in [0.1, 0.15) is 11.4 Å². The van der Waals surface area contributed by atoms with E-state index in [0.29, 0.717) is 17.7 Å². The van der Waals surface area contributed by atoms with Gasteiger partial charge < -0.3 is 19.1 Å². The second-order valence-corrected chi connectivity index (χ2v) is 17.0. The molecule has 8 atom stereocenters. The first-order valence-corrected chi connectivity index (χ1v) is 19.7. The predicted molar refractivity (Wildman–Crippen MR) is 201 cm³/mol. The topological polar surface area (TPSA) is 101 Å². The van der Waals surface area contributed by atoms with Crippen LogP contribution >= 0.6 is 0 Å². The minimum Gasteiger partial charge on any atom is -0.496 e. The van der Waals surface area contributed by atoms with Gasteiger partial charge in [-0.15, -0.1) is 0 Å². The normalized spacial score (nSPS) is 39.4. The Morgan fingerprint density at radius 2 is 1.87 bits per heavy atom. The molecule has 3 aliphatic carbocycles.